The van der Waals surface area contributed by atoms with E-state index in [9.17, 15) is 9.59 Å². The van der Waals surface area contributed by atoms with Gasteiger partial charge in [-0.05, 0) is 6.92 Å². The average Bonchev–Trinajstić information content (AvgIpc) is 2.30. The lowest BCUT2D eigenvalue weighted by Crippen LogP contribution is -2.30. The fourth-order valence-corrected chi connectivity index (χ4v) is 1.97. The summed E-state index contributed by atoms with van der Waals surface area (Å²) in [5.74, 6) is -0.628. The molecular formula is C12H12Br2O3. The number of hydrogen-bond acceptors (Lipinski definition) is 3. The van der Waals surface area contributed by atoms with Crippen molar-refractivity contribution in [2.45, 2.75) is 16.6 Å². The molecule has 92 valence electrons. The summed E-state index contributed by atoms with van der Waals surface area (Å²) in [5, 5.41) is 0. The average molecular weight is 364 g/mol. The van der Waals surface area contributed by atoms with Gasteiger partial charge >= 0.3 is 5.97 Å². The molecule has 0 atom stereocenters. The van der Waals surface area contributed by atoms with E-state index < -0.39 is 9.20 Å². The van der Waals surface area contributed by atoms with E-state index in [0.717, 1.165) is 0 Å². The third-order valence-electron chi connectivity index (χ3n) is 2.05. The van der Waals surface area contributed by atoms with Crippen molar-refractivity contribution in [2.24, 2.45) is 0 Å². The van der Waals surface area contributed by atoms with E-state index in [4.69, 9.17) is 4.74 Å². The molecule has 0 N–H and O–H groups in total. The van der Waals surface area contributed by atoms with Crippen molar-refractivity contribution >= 4 is 43.6 Å². The Kier molecular flexibility index (Phi) is 5.33. The van der Waals surface area contributed by atoms with E-state index >= 15 is 0 Å². The first kappa shape index (κ1) is 14.4. The number of rotatable bonds is 5. The number of benzene rings is 1. The van der Waals surface area contributed by atoms with Gasteiger partial charge in [0.2, 0.25) is 0 Å². The van der Waals surface area contributed by atoms with Crippen LogP contribution < -0.4 is 0 Å². The van der Waals surface area contributed by atoms with Crippen molar-refractivity contribution in [1.82, 2.24) is 0 Å². The number of ketones is 1. The minimum Gasteiger partial charge on any atom is -0.464 e. The molecule has 0 radical (unpaired) electrons. The van der Waals surface area contributed by atoms with Gasteiger partial charge in [-0.25, -0.2) is 4.79 Å². The molecule has 0 aliphatic rings. The van der Waals surface area contributed by atoms with Crippen molar-refractivity contribution in [3.63, 3.8) is 0 Å². The van der Waals surface area contributed by atoms with Crippen LogP contribution in [0.25, 0.3) is 0 Å². The summed E-state index contributed by atoms with van der Waals surface area (Å²) in [6, 6.07) is 8.81. The topological polar surface area (TPSA) is 43.4 Å². The molecule has 0 saturated heterocycles. The van der Waals surface area contributed by atoms with Crippen LogP contribution in [0.1, 0.15) is 23.7 Å². The van der Waals surface area contributed by atoms with Gasteiger partial charge in [0.25, 0.3) is 0 Å². The molecule has 1 rings (SSSR count). The van der Waals surface area contributed by atoms with E-state index in [2.05, 4.69) is 31.9 Å². The number of Topliss-reactive ketones (excluding diaryl/α,β-unsaturated/α-hetero) is 1. The summed E-state index contributed by atoms with van der Waals surface area (Å²) in [5.41, 5.74) is 0.570. The molecule has 0 fully saturated rings. The number of halogens is 2. The van der Waals surface area contributed by atoms with Crippen LogP contribution in [-0.2, 0) is 9.53 Å². The number of alkyl halides is 2. The molecule has 0 saturated carbocycles. The van der Waals surface area contributed by atoms with Gasteiger partial charge in [-0.3, -0.25) is 4.79 Å². The summed E-state index contributed by atoms with van der Waals surface area (Å²) < 4.78 is 3.71. The summed E-state index contributed by atoms with van der Waals surface area (Å²) in [7, 11) is 0. The van der Waals surface area contributed by atoms with Crippen LogP contribution >= 0.6 is 31.9 Å². The van der Waals surface area contributed by atoms with E-state index in [1.54, 1.807) is 31.2 Å². The minimum absolute atomic E-state index is 0.00412. The minimum atomic E-state index is -1.15. The maximum Gasteiger partial charge on any atom is 0.334 e. The first-order chi connectivity index (χ1) is 7.97. The molecule has 5 heteroatoms. The molecule has 0 heterocycles. The van der Waals surface area contributed by atoms with Gasteiger partial charge in [-0.1, -0.05) is 62.2 Å². The second kappa shape index (κ2) is 6.31. The van der Waals surface area contributed by atoms with Crippen molar-refractivity contribution in [1.29, 1.82) is 0 Å². The molecule has 0 unspecified atom stereocenters. The molecular weight excluding hydrogens is 352 g/mol. The monoisotopic (exact) mass is 362 g/mol. The van der Waals surface area contributed by atoms with Gasteiger partial charge in [-0.2, -0.15) is 0 Å². The van der Waals surface area contributed by atoms with E-state index in [1.165, 1.54) is 0 Å². The lowest BCUT2D eigenvalue weighted by atomic mass is 10.1. The Hall–Kier alpha value is -0.680. The predicted octanol–water partition coefficient (Wildman–Crippen LogP) is 3.31. The normalized spacial score (nSPS) is 11.0. The molecule has 1 aromatic carbocycles. The second-order valence-corrected chi connectivity index (χ2v) is 7.16. The lowest BCUT2D eigenvalue weighted by Gasteiger charge is -2.17. The Labute approximate surface area is 117 Å². The number of esters is 1. The number of carbonyl (C=O) groups excluding carboxylic acids is 2. The highest BCUT2D eigenvalue weighted by Crippen LogP contribution is 2.33. The van der Waals surface area contributed by atoms with Crippen LogP contribution in [0.3, 0.4) is 0 Å². The van der Waals surface area contributed by atoms with E-state index in [1.807, 2.05) is 6.07 Å². The third kappa shape index (κ3) is 4.24. The summed E-state index contributed by atoms with van der Waals surface area (Å²) in [6.07, 6.45) is -0.00412. The first-order valence-electron chi connectivity index (χ1n) is 5.10. The number of carbonyl (C=O) groups is 2. The van der Waals surface area contributed by atoms with Crippen LogP contribution in [0.5, 0.6) is 0 Å². The highest BCUT2D eigenvalue weighted by molar-refractivity contribution is 9.25. The standard InChI is InChI=1S/C12H12Br2O3/c1-2-17-11(16)12(13,14)8-10(15)9-6-4-3-5-7-9/h3-7H,2,8H2,1H3. The van der Waals surface area contributed by atoms with Crippen molar-refractivity contribution in [2.75, 3.05) is 6.61 Å². The zero-order chi connectivity index (χ0) is 12.9. The van der Waals surface area contributed by atoms with E-state index in [-0.39, 0.29) is 18.8 Å². The number of hydrogen-bond donors (Lipinski definition) is 0. The highest BCUT2D eigenvalue weighted by Gasteiger charge is 2.36. The second-order valence-electron chi connectivity index (χ2n) is 3.39. The SMILES string of the molecule is CCOC(=O)C(Br)(Br)CC(=O)c1ccccc1. The molecule has 17 heavy (non-hydrogen) atoms. The Morgan fingerprint density at radius 3 is 2.35 bits per heavy atom. The Morgan fingerprint density at radius 1 is 1.24 bits per heavy atom. The number of ether oxygens (including phenoxy) is 1. The van der Waals surface area contributed by atoms with Crippen molar-refractivity contribution in [3.05, 3.63) is 35.9 Å². The molecule has 0 aromatic heterocycles. The van der Waals surface area contributed by atoms with Crippen molar-refractivity contribution in [3.8, 4) is 0 Å². The Balaban J connectivity index is 2.71. The van der Waals surface area contributed by atoms with Crippen molar-refractivity contribution < 1.29 is 14.3 Å². The van der Waals surface area contributed by atoms with Crippen LogP contribution in [0.4, 0.5) is 0 Å². The Bertz CT molecular complexity index is 401. The zero-order valence-electron chi connectivity index (χ0n) is 9.28. The van der Waals surface area contributed by atoms with E-state index in [0.29, 0.717) is 5.56 Å². The Morgan fingerprint density at radius 2 is 1.82 bits per heavy atom. The molecule has 0 bridgehead atoms. The molecule has 0 aliphatic carbocycles. The maximum atomic E-state index is 11.9. The van der Waals surface area contributed by atoms with Crippen LogP contribution in [0.15, 0.2) is 30.3 Å². The summed E-state index contributed by atoms with van der Waals surface area (Å²) >= 11 is 6.34. The molecule has 0 aliphatic heterocycles. The van der Waals surface area contributed by atoms with Gasteiger partial charge in [0.05, 0.1) is 6.61 Å². The molecule has 0 amide bonds. The third-order valence-corrected chi connectivity index (χ3v) is 3.26. The molecule has 0 spiro atoms. The fourth-order valence-electron chi connectivity index (χ4n) is 1.24. The van der Waals surface area contributed by atoms with Gasteiger partial charge in [0.1, 0.15) is 0 Å². The van der Waals surface area contributed by atoms with Crippen LogP contribution in [0, 0.1) is 0 Å². The zero-order valence-corrected chi connectivity index (χ0v) is 12.5. The maximum absolute atomic E-state index is 11.9. The quantitative estimate of drug-likeness (QED) is 0.458. The smallest absolute Gasteiger partial charge is 0.334 e. The first-order valence-corrected chi connectivity index (χ1v) is 6.69. The van der Waals surface area contributed by atoms with Gasteiger partial charge in [0.15, 0.2) is 9.02 Å². The van der Waals surface area contributed by atoms with Crippen LogP contribution in [-0.4, -0.2) is 21.6 Å². The largest absolute Gasteiger partial charge is 0.464 e. The lowest BCUT2D eigenvalue weighted by molar-refractivity contribution is -0.143. The molecule has 3 nitrogen and oxygen atoms in total. The predicted molar refractivity (Wildman–Crippen MR) is 72.6 cm³/mol. The van der Waals surface area contributed by atoms with Gasteiger partial charge in [-0.15, -0.1) is 0 Å². The summed E-state index contributed by atoms with van der Waals surface area (Å²) in [4.78, 5) is 23.5. The molecule has 1 aromatic rings. The van der Waals surface area contributed by atoms with Gasteiger partial charge < -0.3 is 4.74 Å². The van der Waals surface area contributed by atoms with Crippen LogP contribution in [0.2, 0.25) is 0 Å². The fraction of sp³-hybridized carbons (Fsp3) is 0.333. The van der Waals surface area contributed by atoms with Gasteiger partial charge in [0, 0.05) is 12.0 Å². The highest BCUT2D eigenvalue weighted by atomic mass is 79.9. The summed E-state index contributed by atoms with van der Waals surface area (Å²) in [6.45, 7) is 1.99.